The van der Waals surface area contributed by atoms with Crippen LogP contribution in [0.4, 0.5) is 0 Å². The molecule has 0 radical (unpaired) electrons. The van der Waals surface area contributed by atoms with Crippen molar-refractivity contribution in [3.63, 3.8) is 0 Å². The molecule has 23 heavy (non-hydrogen) atoms. The summed E-state index contributed by atoms with van der Waals surface area (Å²) in [5.41, 5.74) is 0.877. The van der Waals surface area contributed by atoms with E-state index >= 15 is 0 Å². The van der Waals surface area contributed by atoms with Gasteiger partial charge in [0.1, 0.15) is 6.61 Å². The van der Waals surface area contributed by atoms with E-state index in [-0.39, 0.29) is 18.4 Å². The van der Waals surface area contributed by atoms with Crippen LogP contribution in [-0.4, -0.2) is 42.2 Å². The number of terminal acetylenes is 1. The van der Waals surface area contributed by atoms with Gasteiger partial charge in [-0.1, -0.05) is 29.7 Å². The van der Waals surface area contributed by atoms with Gasteiger partial charge in [-0.3, -0.25) is 4.79 Å². The number of ether oxygens (including phenoxy) is 1. The Morgan fingerprint density at radius 1 is 1.39 bits per heavy atom. The summed E-state index contributed by atoms with van der Waals surface area (Å²) in [4.78, 5) is 13.9. The number of likely N-dealkylation sites (tertiary alicyclic amines) is 1. The van der Waals surface area contributed by atoms with E-state index in [0.717, 1.165) is 18.4 Å². The zero-order valence-electron chi connectivity index (χ0n) is 13.1. The SMILES string of the molecule is C#CCOCCC(=O)N1CCC(C(O)c2ccc(Cl)cc2)CC1. The molecule has 1 aromatic rings. The molecule has 0 aliphatic carbocycles. The number of hydrogen-bond donors (Lipinski definition) is 1. The number of amides is 1. The van der Waals surface area contributed by atoms with E-state index in [4.69, 9.17) is 22.8 Å². The molecule has 0 saturated carbocycles. The number of halogens is 1. The second-order valence-electron chi connectivity index (χ2n) is 5.72. The predicted octanol–water partition coefficient (Wildman–Crippen LogP) is 2.65. The molecule has 1 amide bonds. The average molecular weight is 336 g/mol. The third-order valence-corrected chi connectivity index (χ3v) is 4.45. The molecule has 2 rings (SSSR count). The maximum atomic E-state index is 12.1. The Kier molecular flexibility index (Phi) is 6.91. The highest BCUT2D eigenvalue weighted by Crippen LogP contribution is 2.31. The average Bonchev–Trinajstić information content (AvgIpc) is 2.59. The van der Waals surface area contributed by atoms with Crippen LogP contribution in [0.15, 0.2) is 24.3 Å². The van der Waals surface area contributed by atoms with Crippen molar-refractivity contribution < 1.29 is 14.6 Å². The normalized spacial score (nSPS) is 16.8. The second kappa shape index (κ2) is 8.93. The number of carbonyl (C=O) groups is 1. The lowest BCUT2D eigenvalue weighted by Gasteiger charge is -2.34. The van der Waals surface area contributed by atoms with Crippen molar-refractivity contribution in [3.8, 4) is 12.3 Å². The number of aliphatic hydroxyl groups is 1. The van der Waals surface area contributed by atoms with E-state index < -0.39 is 6.10 Å². The maximum absolute atomic E-state index is 12.1. The van der Waals surface area contributed by atoms with E-state index in [1.165, 1.54) is 0 Å². The summed E-state index contributed by atoms with van der Waals surface area (Å²) in [6, 6.07) is 7.28. The monoisotopic (exact) mass is 335 g/mol. The van der Waals surface area contributed by atoms with Crippen LogP contribution in [0.1, 0.15) is 30.9 Å². The Morgan fingerprint density at radius 2 is 2.04 bits per heavy atom. The number of hydrogen-bond acceptors (Lipinski definition) is 3. The zero-order valence-corrected chi connectivity index (χ0v) is 13.8. The first-order chi connectivity index (χ1) is 11.1. The highest BCUT2D eigenvalue weighted by molar-refractivity contribution is 6.30. The maximum Gasteiger partial charge on any atom is 0.224 e. The van der Waals surface area contributed by atoms with Crippen molar-refractivity contribution >= 4 is 17.5 Å². The van der Waals surface area contributed by atoms with Crippen molar-refractivity contribution in [1.29, 1.82) is 0 Å². The van der Waals surface area contributed by atoms with Crippen molar-refractivity contribution in [2.45, 2.75) is 25.4 Å². The fraction of sp³-hybridized carbons (Fsp3) is 0.500. The van der Waals surface area contributed by atoms with Gasteiger partial charge in [0, 0.05) is 18.1 Å². The third kappa shape index (κ3) is 5.24. The number of aliphatic hydroxyl groups excluding tert-OH is 1. The molecule has 1 aromatic carbocycles. The molecule has 1 N–H and O–H groups in total. The molecule has 1 heterocycles. The van der Waals surface area contributed by atoms with Gasteiger partial charge in [-0.2, -0.15) is 0 Å². The number of nitrogens with zero attached hydrogens (tertiary/aromatic N) is 1. The molecule has 1 atom stereocenters. The van der Waals surface area contributed by atoms with Crippen molar-refractivity contribution in [1.82, 2.24) is 4.90 Å². The van der Waals surface area contributed by atoms with Gasteiger partial charge in [0.15, 0.2) is 0 Å². The summed E-state index contributed by atoms with van der Waals surface area (Å²) >= 11 is 5.87. The second-order valence-corrected chi connectivity index (χ2v) is 6.16. The largest absolute Gasteiger partial charge is 0.388 e. The van der Waals surface area contributed by atoms with Gasteiger partial charge in [0.05, 0.1) is 19.1 Å². The molecular weight excluding hydrogens is 314 g/mol. The molecule has 124 valence electrons. The summed E-state index contributed by atoms with van der Waals surface area (Å²) in [5, 5.41) is 11.1. The first kappa shape index (κ1) is 17.8. The third-order valence-electron chi connectivity index (χ3n) is 4.20. The van der Waals surface area contributed by atoms with Crippen molar-refractivity contribution in [2.24, 2.45) is 5.92 Å². The van der Waals surface area contributed by atoms with Crippen LogP contribution in [-0.2, 0) is 9.53 Å². The molecular formula is C18H22ClNO3. The van der Waals surface area contributed by atoms with Crippen LogP contribution >= 0.6 is 11.6 Å². The Hall–Kier alpha value is -1.54. The zero-order chi connectivity index (χ0) is 16.7. The molecule has 0 aromatic heterocycles. The Morgan fingerprint density at radius 3 is 2.65 bits per heavy atom. The van der Waals surface area contributed by atoms with E-state index in [2.05, 4.69) is 5.92 Å². The van der Waals surface area contributed by atoms with Crippen LogP contribution in [0.2, 0.25) is 5.02 Å². The lowest BCUT2D eigenvalue weighted by Crippen LogP contribution is -2.40. The summed E-state index contributed by atoms with van der Waals surface area (Å²) in [6.45, 7) is 1.94. The Bertz CT molecular complexity index is 544. The Labute approximate surface area is 142 Å². The highest BCUT2D eigenvalue weighted by Gasteiger charge is 2.28. The lowest BCUT2D eigenvalue weighted by atomic mass is 9.87. The number of benzene rings is 1. The van der Waals surface area contributed by atoms with E-state index in [1.807, 2.05) is 17.0 Å². The van der Waals surface area contributed by atoms with Gasteiger partial charge in [-0.25, -0.2) is 0 Å². The fourth-order valence-corrected chi connectivity index (χ4v) is 2.97. The van der Waals surface area contributed by atoms with Gasteiger partial charge in [0.25, 0.3) is 0 Å². The smallest absolute Gasteiger partial charge is 0.224 e. The minimum absolute atomic E-state index is 0.0847. The molecule has 5 heteroatoms. The van der Waals surface area contributed by atoms with Gasteiger partial charge in [-0.15, -0.1) is 6.42 Å². The minimum atomic E-state index is -0.511. The first-order valence-electron chi connectivity index (χ1n) is 7.84. The van der Waals surface area contributed by atoms with Gasteiger partial charge in [-0.05, 0) is 36.5 Å². The van der Waals surface area contributed by atoms with Crippen LogP contribution < -0.4 is 0 Å². The van der Waals surface area contributed by atoms with Gasteiger partial charge < -0.3 is 14.7 Å². The molecule has 1 aliphatic heterocycles. The molecule has 1 aliphatic rings. The predicted molar refractivity (Wildman–Crippen MR) is 90.0 cm³/mol. The van der Waals surface area contributed by atoms with Crippen molar-refractivity contribution in [3.05, 3.63) is 34.9 Å². The van der Waals surface area contributed by atoms with Crippen LogP contribution in [0, 0.1) is 18.3 Å². The molecule has 4 nitrogen and oxygen atoms in total. The van der Waals surface area contributed by atoms with Crippen LogP contribution in [0.3, 0.4) is 0 Å². The quantitative estimate of drug-likeness (QED) is 0.642. The summed E-state index contributed by atoms with van der Waals surface area (Å²) in [7, 11) is 0. The Balaban J connectivity index is 1.78. The van der Waals surface area contributed by atoms with E-state index in [1.54, 1.807) is 12.1 Å². The number of carbonyl (C=O) groups excluding carboxylic acids is 1. The van der Waals surface area contributed by atoms with Gasteiger partial charge >= 0.3 is 0 Å². The standard InChI is InChI=1S/C18H22ClNO3/c1-2-12-23-13-9-17(21)20-10-7-15(8-11-20)18(22)14-3-5-16(19)6-4-14/h1,3-6,15,18,22H,7-13H2. The summed E-state index contributed by atoms with van der Waals surface area (Å²) in [6.07, 6.45) is 6.51. The highest BCUT2D eigenvalue weighted by atomic mass is 35.5. The topological polar surface area (TPSA) is 49.8 Å². The summed E-state index contributed by atoms with van der Waals surface area (Å²) < 4.78 is 5.14. The first-order valence-corrected chi connectivity index (χ1v) is 8.22. The lowest BCUT2D eigenvalue weighted by molar-refractivity contribution is -0.134. The fourth-order valence-electron chi connectivity index (χ4n) is 2.85. The number of piperidine rings is 1. The van der Waals surface area contributed by atoms with Crippen LogP contribution in [0.25, 0.3) is 0 Å². The van der Waals surface area contributed by atoms with E-state index in [9.17, 15) is 9.90 Å². The molecule has 0 spiro atoms. The van der Waals surface area contributed by atoms with Gasteiger partial charge in [0.2, 0.25) is 5.91 Å². The molecule has 1 saturated heterocycles. The molecule has 1 fully saturated rings. The van der Waals surface area contributed by atoms with Crippen molar-refractivity contribution in [2.75, 3.05) is 26.3 Å². The van der Waals surface area contributed by atoms with E-state index in [0.29, 0.717) is 31.1 Å². The number of rotatable bonds is 6. The minimum Gasteiger partial charge on any atom is -0.388 e. The summed E-state index contributed by atoms with van der Waals surface area (Å²) in [5.74, 6) is 2.62. The van der Waals surface area contributed by atoms with Crippen LogP contribution in [0.5, 0.6) is 0 Å². The molecule has 0 bridgehead atoms. The molecule has 1 unspecified atom stereocenters.